The van der Waals surface area contributed by atoms with Crippen molar-refractivity contribution in [3.8, 4) is 5.75 Å². The Labute approximate surface area is 137 Å². The SMILES string of the molecule is C=C(C)c1[nH]c2cc(OCc3ccccc3)ccc2c1/C=C\C. The summed E-state index contributed by atoms with van der Waals surface area (Å²) in [5.74, 6) is 0.864. The Kier molecular flexibility index (Phi) is 4.33. The average molecular weight is 303 g/mol. The van der Waals surface area contributed by atoms with Gasteiger partial charge in [-0.25, -0.2) is 0 Å². The minimum absolute atomic E-state index is 0.572. The van der Waals surface area contributed by atoms with Crippen molar-refractivity contribution in [3.63, 3.8) is 0 Å². The van der Waals surface area contributed by atoms with Gasteiger partial charge >= 0.3 is 0 Å². The molecular formula is C21H21NO. The average Bonchev–Trinajstić information content (AvgIpc) is 2.93. The number of rotatable bonds is 5. The summed E-state index contributed by atoms with van der Waals surface area (Å²) in [4.78, 5) is 3.46. The van der Waals surface area contributed by atoms with E-state index in [0.29, 0.717) is 6.61 Å². The monoisotopic (exact) mass is 303 g/mol. The van der Waals surface area contributed by atoms with Gasteiger partial charge in [-0.2, -0.15) is 0 Å². The van der Waals surface area contributed by atoms with Crippen molar-refractivity contribution < 1.29 is 4.74 Å². The molecule has 0 spiro atoms. The number of ether oxygens (including phenoxy) is 1. The third kappa shape index (κ3) is 3.21. The number of benzene rings is 2. The quantitative estimate of drug-likeness (QED) is 0.632. The molecule has 1 N–H and O–H groups in total. The van der Waals surface area contributed by atoms with Gasteiger partial charge in [0.2, 0.25) is 0 Å². The van der Waals surface area contributed by atoms with Crippen LogP contribution in [0.3, 0.4) is 0 Å². The van der Waals surface area contributed by atoms with E-state index in [1.807, 2.05) is 38.1 Å². The fraction of sp³-hybridized carbons (Fsp3) is 0.143. The number of aromatic amines is 1. The van der Waals surface area contributed by atoms with E-state index in [1.165, 1.54) is 10.9 Å². The van der Waals surface area contributed by atoms with Crippen LogP contribution in [0.2, 0.25) is 0 Å². The lowest BCUT2D eigenvalue weighted by atomic mass is 10.1. The molecule has 0 radical (unpaired) electrons. The van der Waals surface area contributed by atoms with Gasteiger partial charge < -0.3 is 9.72 Å². The minimum Gasteiger partial charge on any atom is -0.489 e. The van der Waals surface area contributed by atoms with Gasteiger partial charge in [0, 0.05) is 22.7 Å². The number of fused-ring (bicyclic) bond motifs is 1. The summed E-state index contributed by atoms with van der Waals surface area (Å²) in [7, 11) is 0. The van der Waals surface area contributed by atoms with Crippen molar-refractivity contribution in [2.45, 2.75) is 20.5 Å². The number of H-pyrrole nitrogens is 1. The maximum Gasteiger partial charge on any atom is 0.121 e. The molecule has 0 amide bonds. The molecule has 2 nitrogen and oxygen atoms in total. The summed E-state index contributed by atoms with van der Waals surface area (Å²) in [6.07, 6.45) is 4.17. The zero-order valence-corrected chi connectivity index (χ0v) is 13.6. The molecule has 0 aliphatic carbocycles. The Hall–Kier alpha value is -2.74. The maximum atomic E-state index is 5.91. The predicted molar refractivity (Wildman–Crippen MR) is 98.5 cm³/mol. The van der Waals surface area contributed by atoms with Crippen LogP contribution < -0.4 is 4.74 Å². The smallest absolute Gasteiger partial charge is 0.121 e. The van der Waals surface area contributed by atoms with E-state index in [-0.39, 0.29) is 0 Å². The highest BCUT2D eigenvalue weighted by Crippen LogP contribution is 2.30. The fourth-order valence-corrected chi connectivity index (χ4v) is 2.71. The standard InChI is InChI=1S/C21H21NO/c1-4-8-19-18-12-11-17(13-20(18)22-21(19)15(2)3)23-14-16-9-6-5-7-10-16/h4-13,22H,2,14H2,1,3H3/b8-4-. The van der Waals surface area contributed by atoms with E-state index in [9.17, 15) is 0 Å². The van der Waals surface area contributed by atoms with E-state index in [0.717, 1.165) is 28.1 Å². The highest BCUT2D eigenvalue weighted by Gasteiger charge is 2.10. The lowest BCUT2D eigenvalue weighted by Gasteiger charge is -2.06. The lowest BCUT2D eigenvalue weighted by Crippen LogP contribution is -1.94. The van der Waals surface area contributed by atoms with Crippen molar-refractivity contribution in [3.05, 3.63) is 78.0 Å². The molecule has 2 heteroatoms. The van der Waals surface area contributed by atoms with Crippen LogP contribution in [0.1, 0.15) is 30.7 Å². The topological polar surface area (TPSA) is 25.0 Å². The second kappa shape index (κ2) is 6.57. The predicted octanol–water partition coefficient (Wildman–Crippen LogP) is 5.81. The first kappa shape index (κ1) is 15.2. The fourth-order valence-electron chi connectivity index (χ4n) is 2.71. The van der Waals surface area contributed by atoms with Crippen molar-refractivity contribution in [1.82, 2.24) is 4.98 Å². The third-order valence-corrected chi connectivity index (χ3v) is 3.82. The van der Waals surface area contributed by atoms with Crippen molar-refractivity contribution >= 4 is 22.6 Å². The number of hydrogen-bond acceptors (Lipinski definition) is 1. The van der Waals surface area contributed by atoms with Crippen LogP contribution in [0.4, 0.5) is 0 Å². The first-order chi connectivity index (χ1) is 11.2. The van der Waals surface area contributed by atoms with Crippen LogP contribution in [-0.2, 0) is 6.61 Å². The zero-order chi connectivity index (χ0) is 16.2. The molecule has 0 saturated carbocycles. The second-order valence-corrected chi connectivity index (χ2v) is 5.68. The van der Waals surface area contributed by atoms with E-state index >= 15 is 0 Å². The number of nitrogens with one attached hydrogen (secondary N) is 1. The maximum absolute atomic E-state index is 5.91. The Bertz CT molecular complexity index is 856. The van der Waals surface area contributed by atoms with Crippen molar-refractivity contribution in [2.24, 2.45) is 0 Å². The molecule has 0 saturated heterocycles. The van der Waals surface area contributed by atoms with Crippen LogP contribution in [0.5, 0.6) is 5.75 Å². The Morgan fingerprint density at radius 2 is 1.96 bits per heavy atom. The second-order valence-electron chi connectivity index (χ2n) is 5.68. The molecule has 3 aromatic rings. The van der Waals surface area contributed by atoms with Gasteiger partial charge in [-0.05, 0) is 37.1 Å². The summed E-state index contributed by atoms with van der Waals surface area (Å²) >= 11 is 0. The number of aromatic nitrogens is 1. The highest BCUT2D eigenvalue weighted by molar-refractivity contribution is 5.95. The van der Waals surface area contributed by atoms with Crippen molar-refractivity contribution in [2.75, 3.05) is 0 Å². The molecule has 1 heterocycles. The van der Waals surface area contributed by atoms with Crippen LogP contribution in [0, 0.1) is 0 Å². The normalized spacial score (nSPS) is 11.2. The molecule has 0 aliphatic heterocycles. The van der Waals surface area contributed by atoms with Crippen LogP contribution in [0.25, 0.3) is 22.6 Å². The largest absolute Gasteiger partial charge is 0.489 e. The first-order valence-corrected chi connectivity index (χ1v) is 7.80. The van der Waals surface area contributed by atoms with Crippen LogP contribution >= 0.6 is 0 Å². The van der Waals surface area contributed by atoms with Gasteiger partial charge in [-0.1, -0.05) is 49.1 Å². The molecule has 3 rings (SSSR count). The van der Waals surface area contributed by atoms with Gasteiger partial charge in [0.25, 0.3) is 0 Å². The third-order valence-electron chi connectivity index (χ3n) is 3.82. The van der Waals surface area contributed by atoms with Gasteiger partial charge in [0.1, 0.15) is 12.4 Å². The zero-order valence-electron chi connectivity index (χ0n) is 13.6. The Morgan fingerprint density at radius 1 is 1.17 bits per heavy atom. The molecule has 0 bridgehead atoms. The molecule has 2 aromatic carbocycles. The van der Waals surface area contributed by atoms with E-state index < -0.39 is 0 Å². The molecule has 0 fully saturated rings. The molecule has 0 aliphatic rings. The molecule has 116 valence electrons. The van der Waals surface area contributed by atoms with Gasteiger partial charge in [0.05, 0.1) is 5.52 Å². The van der Waals surface area contributed by atoms with Gasteiger partial charge in [-0.15, -0.1) is 0 Å². The highest BCUT2D eigenvalue weighted by atomic mass is 16.5. The first-order valence-electron chi connectivity index (χ1n) is 7.80. The summed E-state index contributed by atoms with van der Waals surface area (Å²) in [5.41, 5.74) is 5.53. The van der Waals surface area contributed by atoms with Gasteiger partial charge in [-0.3, -0.25) is 0 Å². The number of allylic oxidation sites excluding steroid dienone is 2. The molecule has 0 unspecified atom stereocenters. The number of hydrogen-bond donors (Lipinski definition) is 1. The van der Waals surface area contributed by atoms with Crippen molar-refractivity contribution in [1.29, 1.82) is 0 Å². The molecular weight excluding hydrogens is 282 g/mol. The molecule has 1 aromatic heterocycles. The van der Waals surface area contributed by atoms with E-state index in [4.69, 9.17) is 4.74 Å². The lowest BCUT2D eigenvalue weighted by molar-refractivity contribution is 0.306. The Morgan fingerprint density at radius 3 is 2.65 bits per heavy atom. The van der Waals surface area contributed by atoms with Crippen LogP contribution in [0.15, 0.2) is 61.2 Å². The molecule has 23 heavy (non-hydrogen) atoms. The van der Waals surface area contributed by atoms with Gasteiger partial charge in [0.15, 0.2) is 0 Å². The van der Waals surface area contributed by atoms with E-state index in [2.05, 4.69) is 48.0 Å². The summed E-state index contributed by atoms with van der Waals surface area (Å²) < 4.78 is 5.91. The summed E-state index contributed by atoms with van der Waals surface area (Å²) in [6.45, 7) is 8.68. The van der Waals surface area contributed by atoms with Crippen LogP contribution in [-0.4, -0.2) is 4.98 Å². The molecule has 0 atom stereocenters. The minimum atomic E-state index is 0.572. The summed E-state index contributed by atoms with van der Waals surface area (Å²) in [5, 5.41) is 1.19. The van der Waals surface area contributed by atoms with E-state index in [1.54, 1.807) is 0 Å². The summed E-state index contributed by atoms with van der Waals surface area (Å²) in [6, 6.07) is 16.4. The Balaban J connectivity index is 1.91.